The van der Waals surface area contributed by atoms with Gasteiger partial charge in [-0.15, -0.1) is 0 Å². The van der Waals surface area contributed by atoms with Crippen LogP contribution in [-0.4, -0.2) is 24.1 Å². The van der Waals surface area contributed by atoms with E-state index in [9.17, 15) is 13.2 Å². The second-order valence-corrected chi connectivity index (χ2v) is 6.55. The van der Waals surface area contributed by atoms with E-state index in [0.29, 0.717) is 19.4 Å². The Morgan fingerprint density at radius 2 is 1.95 bits per heavy atom. The summed E-state index contributed by atoms with van der Waals surface area (Å²) in [7, 11) is -4.02. The molecule has 0 spiro atoms. The van der Waals surface area contributed by atoms with Gasteiger partial charge in [-0.3, -0.25) is 9.35 Å². The number of nitrogens with one attached hydrogen (secondary N) is 1. The highest BCUT2D eigenvalue weighted by atomic mass is 32.2. The van der Waals surface area contributed by atoms with Crippen molar-refractivity contribution in [1.29, 1.82) is 0 Å². The van der Waals surface area contributed by atoms with E-state index in [1.807, 2.05) is 30.3 Å². The Labute approximate surface area is 112 Å². The number of rotatable bonds is 4. The first-order valence-electron chi connectivity index (χ1n) is 6.25. The molecule has 1 saturated carbocycles. The Bertz CT molecular complexity index is 541. The van der Waals surface area contributed by atoms with Gasteiger partial charge in [0.15, 0.2) is 0 Å². The molecule has 1 amide bonds. The highest BCUT2D eigenvalue weighted by molar-refractivity contribution is 7.86. The van der Waals surface area contributed by atoms with Crippen molar-refractivity contribution >= 4 is 16.0 Å². The van der Waals surface area contributed by atoms with Gasteiger partial charge in [0.2, 0.25) is 5.91 Å². The second-order valence-electron chi connectivity index (χ2n) is 4.85. The molecular weight excluding hydrogens is 266 g/mol. The molecule has 5 nitrogen and oxygen atoms in total. The first-order valence-corrected chi connectivity index (χ1v) is 7.75. The maximum Gasteiger partial charge on any atom is 0.267 e. The number of hydrogen-bond donors (Lipinski definition) is 2. The molecule has 0 aromatic heterocycles. The van der Waals surface area contributed by atoms with E-state index in [1.165, 1.54) is 0 Å². The standard InChI is InChI=1S/C13H17NO4S/c15-13(14-9-10-4-2-1-3-5-10)11-6-7-12(8-11)19(16,17)18/h1-5,11-12H,6-9H2,(H,14,15)(H,16,17,18)/t11-,12-/m0/s1. The molecule has 1 aliphatic rings. The van der Waals surface area contributed by atoms with E-state index in [4.69, 9.17) is 4.55 Å². The van der Waals surface area contributed by atoms with Crippen LogP contribution in [0, 0.1) is 5.92 Å². The minimum atomic E-state index is -4.02. The molecular formula is C13H17NO4S. The monoisotopic (exact) mass is 283 g/mol. The van der Waals surface area contributed by atoms with E-state index in [-0.39, 0.29) is 18.2 Å². The van der Waals surface area contributed by atoms with Gasteiger partial charge in [0, 0.05) is 12.5 Å². The van der Waals surface area contributed by atoms with E-state index in [0.717, 1.165) is 5.56 Å². The van der Waals surface area contributed by atoms with Crippen LogP contribution >= 0.6 is 0 Å². The molecule has 2 N–H and O–H groups in total. The fraction of sp³-hybridized carbons (Fsp3) is 0.462. The van der Waals surface area contributed by atoms with Crippen LogP contribution in [0.25, 0.3) is 0 Å². The van der Waals surface area contributed by atoms with Gasteiger partial charge in [0.1, 0.15) is 0 Å². The molecule has 104 valence electrons. The molecule has 19 heavy (non-hydrogen) atoms. The summed E-state index contributed by atoms with van der Waals surface area (Å²) in [5.41, 5.74) is 1.00. The molecule has 2 rings (SSSR count). The molecule has 0 heterocycles. The number of amides is 1. The minimum absolute atomic E-state index is 0.144. The van der Waals surface area contributed by atoms with Crippen molar-refractivity contribution in [3.63, 3.8) is 0 Å². The van der Waals surface area contributed by atoms with Crippen LogP contribution in [0.3, 0.4) is 0 Å². The van der Waals surface area contributed by atoms with Crippen LogP contribution in [0.5, 0.6) is 0 Å². The summed E-state index contributed by atoms with van der Waals surface area (Å²) in [4.78, 5) is 11.9. The van der Waals surface area contributed by atoms with Crippen LogP contribution < -0.4 is 5.32 Å². The van der Waals surface area contributed by atoms with E-state index in [1.54, 1.807) is 0 Å². The smallest absolute Gasteiger partial charge is 0.267 e. The van der Waals surface area contributed by atoms with Gasteiger partial charge in [0.05, 0.1) is 5.25 Å². The molecule has 0 saturated heterocycles. The fourth-order valence-electron chi connectivity index (χ4n) is 2.38. The Morgan fingerprint density at radius 1 is 1.26 bits per heavy atom. The molecule has 6 heteroatoms. The third-order valence-electron chi connectivity index (χ3n) is 3.49. The van der Waals surface area contributed by atoms with Crippen molar-refractivity contribution in [2.45, 2.75) is 31.1 Å². The topological polar surface area (TPSA) is 83.5 Å². The maximum absolute atomic E-state index is 11.9. The van der Waals surface area contributed by atoms with Crippen molar-refractivity contribution in [3.8, 4) is 0 Å². The highest BCUT2D eigenvalue weighted by Crippen LogP contribution is 2.30. The highest BCUT2D eigenvalue weighted by Gasteiger charge is 2.36. The van der Waals surface area contributed by atoms with Crippen molar-refractivity contribution in [3.05, 3.63) is 35.9 Å². The van der Waals surface area contributed by atoms with Gasteiger partial charge in [-0.2, -0.15) is 8.42 Å². The van der Waals surface area contributed by atoms with Crippen molar-refractivity contribution in [1.82, 2.24) is 5.32 Å². The summed E-state index contributed by atoms with van der Waals surface area (Å²) in [6, 6.07) is 9.52. The van der Waals surface area contributed by atoms with Gasteiger partial charge in [0.25, 0.3) is 10.1 Å². The first kappa shape index (κ1) is 14.0. The first-order chi connectivity index (χ1) is 8.97. The lowest BCUT2D eigenvalue weighted by molar-refractivity contribution is -0.124. The van der Waals surface area contributed by atoms with Gasteiger partial charge < -0.3 is 5.32 Å². The van der Waals surface area contributed by atoms with Crippen LogP contribution in [0.2, 0.25) is 0 Å². The number of carbonyl (C=O) groups is 1. The molecule has 0 bridgehead atoms. The average Bonchev–Trinajstić information content (AvgIpc) is 2.87. The lowest BCUT2D eigenvalue weighted by atomic mass is 10.1. The summed E-state index contributed by atoms with van der Waals surface area (Å²) < 4.78 is 31.0. The van der Waals surface area contributed by atoms with Crippen molar-refractivity contribution < 1.29 is 17.8 Å². The second kappa shape index (κ2) is 5.71. The zero-order valence-corrected chi connectivity index (χ0v) is 11.3. The normalized spacial score (nSPS) is 23.2. The summed E-state index contributed by atoms with van der Waals surface area (Å²) in [6.45, 7) is 0.437. The van der Waals surface area contributed by atoms with Crippen LogP contribution in [0.15, 0.2) is 30.3 Å². The quantitative estimate of drug-likeness (QED) is 0.817. The molecule has 1 aromatic carbocycles. The fourth-order valence-corrected chi connectivity index (χ4v) is 3.29. The predicted octanol–water partition coefficient (Wildman–Crippen LogP) is 1.36. The summed E-state index contributed by atoms with van der Waals surface area (Å²) >= 11 is 0. The van der Waals surface area contributed by atoms with E-state index >= 15 is 0 Å². The Morgan fingerprint density at radius 3 is 2.53 bits per heavy atom. The minimum Gasteiger partial charge on any atom is -0.352 e. The molecule has 0 aliphatic heterocycles. The SMILES string of the molecule is O=C(NCc1ccccc1)[C@H]1CC[C@H](S(=O)(=O)O)C1. The zero-order chi connectivity index (χ0) is 13.9. The largest absolute Gasteiger partial charge is 0.352 e. The van der Waals surface area contributed by atoms with Gasteiger partial charge in [-0.05, 0) is 24.8 Å². The van der Waals surface area contributed by atoms with Gasteiger partial charge >= 0.3 is 0 Å². The summed E-state index contributed by atoms with van der Waals surface area (Å²) in [5, 5.41) is 2.01. The van der Waals surface area contributed by atoms with Crippen molar-refractivity contribution in [2.24, 2.45) is 5.92 Å². The van der Waals surface area contributed by atoms with Gasteiger partial charge in [-0.1, -0.05) is 30.3 Å². The summed E-state index contributed by atoms with van der Waals surface area (Å²) in [6.07, 6.45) is 1.06. The van der Waals surface area contributed by atoms with Crippen LogP contribution in [0.1, 0.15) is 24.8 Å². The third-order valence-corrected chi connectivity index (χ3v) is 4.76. The lowest BCUT2D eigenvalue weighted by Crippen LogP contribution is -2.29. The molecule has 1 aliphatic carbocycles. The van der Waals surface area contributed by atoms with E-state index in [2.05, 4.69) is 5.32 Å². The molecule has 0 unspecified atom stereocenters. The molecule has 0 radical (unpaired) electrons. The average molecular weight is 283 g/mol. The Kier molecular flexibility index (Phi) is 4.21. The maximum atomic E-state index is 11.9. The van der Waals surface area contributed by atoms with Crippen molar-refractivity contribution in [2.75, 3.05) is 0 Å². The number of carbonyl (C=O) groups excluding carboxylic acids is 1. The third kappa shape index (κ3) is 3.78. The Hall–Kier alpha value is -1.40. The van der Waals surface area contributed by atoms with E-state index < -0.39 is 15.4 Å². The van der Waals surface area contributed by atoms with Crippen LogP contribution in [-0.2, 0) is 21.5 Å². The molecule has 2 atom stereocenters. The van der Waals surface area contributed by atoms with Crippen LogP contribution in [0.4, 0.5) is 0 Å². The molecule has 1 fully saturated rings. The lowest BCUT2D eigenvalue weighted by Gasteiger charge is -2.11. The zero-order valence-electron chi connectivity index (χ0n) is 10.5. The number of hydrogen-bond acceptors (Lipinski definition) is 3. The Balaban J connectivity index is 1.85. The summed E-state index contributed by atoms with van der Waals surface area (Å²) in [5.74, 6) is -0.467. The predicted molar refractivity (Wildman–Crippen MR) is 71.0 cm³/mol. The number of benzene rings is 1. The van der Waals surface area contributed by atoms with Gasteiger partial charge in [-0.25, -0.2) is 0 Å². The molecule has 1 aromatic rings.